The van der Waals surface area contributed by atoms with Gasteiger partial charge in [0, 0.05) is 34.7 Å². The van der Waals surface area contributed by atoms with Gasteiger partial charge >= 0.3 is 0 Å². The number of benzene rings is 2. The zero-order valence-electron chi connectivity index (χ0n) is 19.7. The van der Waals surface area contributed by atoms with Crippen molar-refractivity contribution in [2.45, 2.75) is 19.4 Å². The molecule has 0 aliphatic carbocycles. The van der Waals surface area contributed by atoms with Gasteiger partial charge in [0.05, 0.1) is 17.5 Å². The fraction of sp³-hybridized carbons (Fsp3) is 0.148. The third-order valence-corrected chi connectivity index (χ3v) is 6.76. The smallest absolute Gasteiger partial charge is 0.181 e. The molecule has 0 bridgehead atoms. The number of nitrogens with zero attached hydrogens (tertiary/aromatic N) is 3. The number of carbonyl (C=O) groups is 2. The molecule has 0 aliphatic rings. The molecule has 2 aromatic carbocycles. The first kappa shape index (κ1) is 24.3. The van der Waals surface area contributed by atoms with Crippen LogP contribution in [0.2, 0.25) is 0 Å². The molecule has 5 rings (SSSR count). The molecule has 37 heavy (non-hydrogen) atoms. The molecule has 0 aliphatic heterocycles. The van der Waals surface area contributed by atoms with Gasteiger partial charge in [-0.05, 0) is 36.4 Å². The van der Waals surface area contributed by atoms with Crippen LogP contribution in [-0.2, 0) is 6.61 Å². The van der Waals surface area contributed by atoms with Crippen LogP contribution in [0.1, 0.15) is 39.5 Å². The van der Waals surface area contributed by atoms with Crippen molar-refractivity contribution >= 4 is 33.0 Å². The number of nitrogens with one attached hydrogen (secondary N) is 1. The van der Waals surface area contributed by atoms with Gasteiger partial charge in [-0.2, -0.15) is 5.10 Å². The van der Waals surface area contributed by atoms with Crippen LogP contribution >= 0.6 is 11.3 Å². The fourth-order valence-electron chi connectivity index (χ4n) is 3.87. The van der Waals surface area contributed by atoms with Crippen molar-refractivity contribution in [1.82, 2.24) is 20.2 Å². The number of thiophene rings is 1. The van der Waals surface area contributed by atoms with Crippen LogP contribution in [0, 0.1) is 5.82 Å². The molecular weight excluding hydrogens is 495 g/mol. The maximum atomic E-state index is 14.1. The second-order valence-corrected chi connectivity index (χ2v) is 8.99. The molecule has 0 fully saturated rings. The lowest BCUT2D eigenvalue weighted by molar-refractivity contribution is 0.0915. The number of rotatable bonds is 10. The van der Waals surface area contributed by atoms with Gasteiger partial charge in [0.1, 0.15) is 24.4 Å². The van der Waals surface area contributed by atoms with E-state index in [1.807, 2.05) is 11.4 Å². The molecule has 3 aromatic heterocycles. The van der Waals surface area contributed by atoms with Crippen molar-refractivity contribution in [2.24, 2.45) is 0 Å². The Balaban J connectivity index is 1.25. The summed E-state index contributed by atoms with van der Waals surface area (Å²) in [5.41, 5.74) is 2.02. The molecule has 0 atom stereocenters. The van der Waals surface area contributed by atoms with E-state index in [-0.39, 0.29) is 42.5 Å². The number of hydrogen-bond acceptors (Lipinski definition) is 8. The van der Waals surface area contributed by atoms with Crippen molar-refractivity contribution in [3.63, 3.8) is 0 Å². The van der Waals surface area contributed by atoms with E-state index in [0.717, 1.165) is 10.9 Å². The van der Waals surface area contributed by atoms with E-state index in [4.69, 9.17) is 9.47 Å². The van der Waals surface area contributed by atoms with Crippen LogP contribution in [0.3, 0.4) is 0 Å². The normalized spacial score (nSPS) is 11.0. The van der Waals surface area contributed by atoms with E-state index < -0.39 is 0 Å². The monoisotopic (exact) mass is 516 g/mol. The maximum absolute atomic E-state index is 14.1. The van der Waals surface area contributed by atoms with E-state index in [1.165, 1.54) is 30.8 Å². The van der Waals surface area contributed by atoms with Gasteiger partial charge in [0.2, 0.25) is 0 Å². The van der Waals surface area contributed by atoms with Gasteiger partial charge in [0.25, 0.3) is 0 Å². The Kier molecular flexibility index (Phi) is 7.00. The Morgan fingerprint density at radius 1 is 1.03 bits per heavy atom. The number of halogens is 1. The average Bonchev–Trinajstić information content (AvgIpc) is 3.61. The molecule has 8 nitrogen and oxygen atoms in total. The van der Waals surface area contributed by atoms with Crippen LogP contribution in [0.25, 0.3) is 21.3 Å². The number of aromatic nitrogens is 4. The lowest BCUT2D eigenvalue weighted by Gasteiger charge is -2.11. The molecule has 0 spiro atoms. The first-order valence-electron chi connectivity index (χ1n) is 11.4. The van der Waals surface area contributed by atoms with Gasteiger partial charge in [0.15, 0.2) is 28.9 Å². The third-order valence-electron chi connectivity index (χ3n) is 5.76. The summed E-state index contributed by atoms with van der Waals surface area (Å²) in [6.45, 7) is 0.167. The van der Waals surface area contributed by atoms with Crippen LogP contribution in [0.5, 0.6) is 11.5 Å². The Hall–Kier alpha value is -4.44. The first-order chi connectivity index (χ1) is 18.0. The number of Topliss-reactive ketones (excluding diaryl/α,β-unsaturated/α-hetero) is 2. The van der Waals surface area contributed by atoms with Crippen molar-refractivity contribution in [3.8, 4) is 22.8 Å². The Morgan fingerprint density at radius 2 is 1.86 bits per heavy atom. The van der Waals surface area contributed by atoms with Gasteiger partial charge in [-0.25, -0.2) is 14.4 Å². The van der Waals surface area contributed by atoms with Crippen LogP contribution < -0.4 is 9.47 Å². The molecule has 5 aromatic rings. The number of methoxy groups -OCH3 is 1. The highest BCUT2D eigenvalue weighted by Crippen LogP contribution is 2.34. The number of hydrogen-bond donors (Lipinski definition) is 1. The van der Waals surface area contributed by atoms with Crippen molar-refractivity contribution in [3.05, 3.63) is 89.2 Å². The molecule has 0 saturated heterocycles. The zero-order valence-corrected chi connectivity index (χ0v) is 20.5. The molecule has 3 heterocycles. The predicted octanol–water partition coefficient (Wildman–Crippen LogP) is 5.65. The van der Waals surface area contributed by atoms with Gasteiger partial charge in [-0.3, -0.25) is 14.7 Å². The minimum Gasteiger partial charge on any atom is -0.493 e. The number of carbonyl (C=O) groups excluding carboxylic acids is 2. The zero-order chi connectivity index (χ0) is 25.8. The highest BCUT2D eigenvalue weighted by Gasteiger charge is 2.17. The summed E-state index contributed by atoms with van der Waals surface area (Å²) in [5, 5.41) is 9.05. The predicted molar refractivity (Wildman–Crippen MR) is 137 cm³/mol. The van der Waals surface area contributed by atoms with Crippen molar-refractivity contribution in [2.75, 3.05) is 7.11 Å². The molecule has 10 heteroatoms. The number of H-pyrrole nitrogens is 1. The van der Waals surface area contributed by atoms with E-state index in [0.29, 0.717) is 33.3 Å². The summed E-state index contributed by atoms with van der Waals surface area (Å²) in [7, 11) is 1.48. The van der Waals surface area contributed by atoms with Crippen LogP contribution in [0.4, 0.5) is 4.39 Å². The third kappa shape index (κ3) is 5.24. The van der Waals surface area contributed by atoms with Crippen LogP contribution in [-0.4, -0.2) is 38.8 Å². The molecule has 186 valence electrons. The van der Waals surface area contributed by atoms with E-state index in [1.54, 1.807) is 42.5 Å². The highest BCUT2D eigenvalue weighted by atomic mass is 32.1. The topological polar surface area (TPSA) is 107 Å². The summed E-state index contributed by atoms with van der Waals surface area (Å²) in [6, 6.07) is 14.9. The number of ether oxygens (including phenoxy) is 2. The molecule has 0 saturated carbocycles. The van der Waals surface area contributed by atoms with Crippen molar-refractivity contribution < 1.29 is 23.5 Å². The number of fused-ring (bicyclic) bond motifs is 1. The second-order valence-electron chi connectivity index (χ2n) is 8.11. The Bertz CT molecular complexity index is 1580. The minimum atomic E-state index is -0.287. The molecular formula is C27H21FN4O4S. The van der Waals surface area contributed by atoms with E-state index in [2.05, 4.69) is 20.2 Å². The van der Waals surface area contributed by atoms with Gasteiger partial charge < -0.3 is 9.47 Å². The largest absolute Gasteiger partial charge is 0.493 e. The number of pyridine rings is 1. The van der Waals surface area contributed by atoms with Crippen LogP contribution in [0.15, 0.2) is 66.3 Å². The SMILES string of the molecule is COc1cc(C(=O)CCC(=O)c2cccc(-c3csc4c(F)cccc34)n2)ccc1OCc1ncn[nH]1. The summed E-state index contributed by atoms with van der Waals surface area (Å²) < 4.78 is 25.7. The quantitative estimate of drug-likeness (QED) is 0.239. The molecule has 0 amide bonds. The van der Waals surface area contributed by atoms with Gasteiger partial charge in [-0.1, -0.05) is 18.2 Å². The second kappa shape index (κ2) is 10.7. The summed E-state index contributed by atoms with van der Waals surface area (Å²) in [6.07, 6.45) is 1.40. The highest BCUT2D eigenvalue weighted by molar-refractivity contribution is 7.17. The summed E-state index contributed by atoms with van der Waals surface area (Å²) in [4.78, 5) is 34.2. The Morgan fingerprint density at radius 3 is 2.68 bits per heavy atom. The lowest BCUT2D eigenvalue weighted by Crippen LogP contribution is -2.08. The molecule has 0 unspecified atom stereocenters. The number of ketones is 2. The first-order valence-corrected chi connectivity index (χ1v) is 12.3. The molecule has 1 N–H and O–H groups in total. The summed E-state index contributed by atoms with van der Waals surface area (Å²) >= 11 is 1.30. The fourth-order valence-corrected chi connectivity index (χ4v) is 4.84. The number of aromatic amines is 1. The maximum Gasteiger partial charge on any atom is 0.181 e. The molecule has 0 radical (unpaired) electrons. The van der Waals surface area contributed by atoms with Gasteiger partial charge in [-0.15, -0.1) is 11.3 Å². The average molecular weight is 517 g/mol. The minimum absolute atomic E-state index is 0.000357. The standard InChI is InChI=1S/C27H21FN4O4S/c1-35-25-12-16(8-11-24(25)36-13-26-29-15-30-32-26)22(33)9-10-23(34)21-7-3-6-20(31-21)18-14-37-27-17(18)4-2-5-19(27)28/h2-8,11-12,14-15H,9-10,13H2,1H3,(H,29,30,32). The van der Waals surface area contributed by atoms with Crippen molar-refractivity contribution in [1.29, 1.82) is 0 Å². The summed E-state index contributed by atoms with van der Waals surface area (Å²) in [5.74, 6) is 0.658. The lowest BCUT2D eigenvalue weighted by atomic mass is 10.0. The van der Waals surface area contributed by atoms with E-state index in [9.17, 15) is 14.0 Å². The Labute approximate surface area is 215 Å². The van der Waals surface area contributed by atoms with E-state index >= 15 is 0 Å².